The van der Waals surface area contributed by atoms with E-state index in [-0.39, 0.29) is 0 Å². The van der Waals surface area contributed by atoms with E-state index in [9.17, 15) is 0 Å². The molecule has 1 saturated heterocycles. The van der Waals surface area contributed by atoms with Gasteiger partial charge >= 0.3 is 0 Å². The molecule has 5 nitrogen and oxygen atoms in total. The Morgan fingerprint density at radius 1 is 1.44 bits per heavy atom. The molecule has 0 radical (unpaired) electrons. The standard InChI is InChI=1S/C13H25N5/c1-3-8-18(9-12-4-6-14-7-5-12)10-13-15-11-16-17(13)2/h11-12,14H,3-10H2,1-2H3. The molecular formula is C13H25N5. The zero-order chi connectivity index (χ0) is 12.8. The van der Waals surface area contributed by atoms with Crippen molar-refractivity contribution >= 4 is 0 Å². The first kappa shape index (κ1) is 13.5. The number of hydrogen-bond donors (Lipinski definition) is 1. The minimum absolute atomic E-state index is 0.839. The molecule has 102 valence electrons. The molecule has 18 heavy (non-hydrogen) atoms. The number of nitrogens with one attached hydrogen (secondary N) is 1. The van der Waals surface area contributed by atoms with E-state index < -0.39 is 0 Å². The third kappa shape index (κ3) is 3.78. The lowest BCUT2D eigenvalue weighted by molar-refractivity contribution is 0.193. The maximum atomic E-state index is 4.33. The molecule has 0 atom stereocenters. The molecule has 2 heterocycles. The fourth-order valence-corrected chi connectivity index (χ4v) is 2.64. The van der Waals surface area contributed by atoms with Crippen molar-refractivity contribution in [2.24, 2.45) is 13.0 Å². The molecule has 1 aliphatic heterocycles. The summed E-state index contributed by atoms with van der Waals surface area (Å²) in [6.07, 6.45) is 5.45. The van der Waals surface area contributed by atoms with Crippen LogP contribution < -0.4 is 5.32 Å². The van der Waals surface area contributed by atoms with Gasteiger partial charge in [0.05, 0.1) is 6.54 Å². The van der Waals surface area contributed by atoms with Gasteiger partial charge in [0.15, 0.2) is 0 Å². The first-order chi connectivity index (χ1) is 8.79. The number of aromatic nitrogens is 3. The van der Waals surface area contributed by atoms with E-state index >= 15 is 0 Å². The van der Waals surface area contributed by atoms with E-state index in [0.29, 0.717) is 0 Å². The van der Waals surface area contributed by atoms with Crippen molar-refractivity contribution in [3.63, 3.8) is 0 Å². The van der Waals surface area contributed by atoms with E-state index in [1.807, 2.05) is 11.7 Å². The fourth-order valence-electron chi connectivity index (χ4n) is 2.64. The van der Waals surface area contributed by atoms with Gasteiger partial charge in [0, 0.05) is 13.6 Å². The molecule has 1 aromatic rings. The molecule has 1 N–H and O–H groups in total. The lowest BCUT2D eigenvalue weighted by Gasteiger charge is -2.29. The molecule has 0 saturated carbocycles. The Bertz CT molecular complexity index is 343. The predicted molar refractivity (Wildman–Crippen MR) is 72.2 cm³/mol. The zero-order valence-electron chi connectivity index (χ0n) is 11.6. The molecule has 0 amide bonds. The van der Waals surface area contributed by atoms with Gasteiger partial charge in [-0.3, -0.25) is 9.58 Å². The second-order valence-corrected chi connectivity index (χ2v) is 5.23. The Labute approximate surface area is 110 Å². The van der Waals surface area contributed by atoms with E-state index in [1.54, 1.807) is 6.33 Å². The van der Waals surface area contributed by atoms with Crippen LogP contribution in [0.1, 0.15) is 32.0 Å². The van der Waals surface area contributed by atoms with Crippen LogP contribution in [0.3, 0.4) is 0 Å². The molecule has 0 unspecified atom stereocenters. The van der Waals surface area contributed by atoms with Gasteiger partial charge in [0.2, 0.25) is 0 Å². The minimum atomic E-state index is 0.839. The van der Waals surface area contributed by atoms with Crippen molar-refractivity contribution in [1.82, 2.24) is 25.0 Å². The lowest BCUT2D eigenvalue weighted by Crippen LogP contribution is -2.36. The fraction of sp³-hybridized carbons (Fsp3) is 0.846. The Balaban J connectivity index is 1.88. The van der Waals surface area contributed by atoms with Crippen molar-refractivity contribution in [2.45, 2.75) is 32.7 Å². The highest BCUT2D eigenvalue weighted by Gasteiger charge is 2.17. The quantitative estimate of drug-likeness (QED) is 0.820. The van der Waals surface area contributed by atoms with Gasteiger partial charge in [-0.2, -0.15) is 5.10 Å². The topological polar surface area (TPSA) is 46.0 Å². The number of piperidine rings is 1. The van der Waals surface area contributed by atoms with E-state index in [0.717, 1.165) is 24.8 Å². The van der Waals surface area contributed by atoms with Gasteiger partial charge in [-0.05, 0) is 44.8 Å². The molecular weight excluding hydrogens is 226 g/mol. The molecule has 1 aliphatic rings. The van der Waals surface area contributed by atoms with Crippen LogP contribution >= 0.6 is 0 Å². The highest BCUT2D eigenvalue weighted by molar-refractivity contribution is 4.84. The second-order valence-electron chi connectivity index (χ2n) is 5.23. The third-order valence-electron chi connectivity index (χ3n) is 3.69. The zero-order valence-corrected chi connectivity index (χ0v) is 11.6. The average Bonchev–Trinajstić information content (AvgIpc) is 2.77. The van der Waals surface area contributed by atoms with Gasteiger partial charge in [0.1, 0.15) is 12.2 Å². The van der Waals surface area contributed by atoms with Gasteiger partial charge in [0.25, 0.3) is 0 Å². The Kier molecular flexibility index (Phi) is 5.13. The summed E-state index contributed by atoms with van der Waals surface area (Å²) in [5.41, 5.74) is 0. The molecule has 1 aromatic heterocycles. The molecule has 0 spiro atoms. The Morgan fingerprint density at radius 3 is 2.83 bits per heavy atom. The summed E-state index contributed by atoms with van der Waals surface area (Å²) in [7, 11) is 1.97. The number of rotatable bonds is 6. The summed E-state index contributed by atoms with van der Waals surface area (Å²) in [6, 6.07) is 0. The molecule has 0 aliphatic carbocycles. The number of nitrogens with zero attached hydrogens (tertiary/aromatic N) is 4. The van der Waals surface area contributed by atoms with Crippen molar-refractivity contribution in [1.29, 1.82) is 0 Å². The third-order valence-corrected chi connectivity index (χ3v) is 3.69. The largest absolute Gasteiger partial charge is 0.317 e. The average molecular weight is 251 g/mol. The van der Waals surface area contributed by atoms with Crippen LogP contribution in [-0.2, 0) is 13.6 Å². The molecule has 2 rings (SSSR count). The monoisotopic (exact) mass is 251 g/mol. The first-order valence-electron chi connectivity index (χ1n) is 7.05. The Morgan fingerprint density at radius 2 is 2.22 bits per heavy atom. The summed E-state index contributed by atoms with van der Waals surface area (Å²) < 4.78 is 1.88. The maximum Gasteiger partial charge on any atom is 0.140 e. The molecule has 0 aromatic carbocycles. The van der Waals surface area contributed by atoms with Gasteiger partial charge in [-0.15, -0.1) is 0 Å². The lowest BCUT2D eigenvalue weighted by atomic mass is 9.97. The van der Waals surface area contributed by atoms with Crippen molar-refractivity contribution in [3.8, 4) is 0 Å². The van der Waals surface area contributed by atoms with Crippen LogP contribution in [0.25, 0.3) is 0 Å². The predicted octanol–water partition coefficient (Wildman–Crippen LogP) is 1.03. The van der Waals surface area contributed by atoms with Crippen LogP contribution in [0.5, 0.6) is 0 Å². The van der Waals surface area contributed by atoms with Gasteiger partial charge in [-0.1, -0.05) is 6.92 Å². The summed E-state index contributed by atoms with van der Waals surface area (Å²) in [5.74, 6) is 1.91. The first-order valence-corrected chi connectivity index (χ1v) is 7.05. The van der Waals surface area contributed by atoms with Crippen molar-refractivity contribution < 1.29 is 0 Å². The Hall–Kier alpha value is -0.940. The van der Waals surface area contributed by atoms with Crippen molar-refractivity contribution in [3.05, 3.63) is 12.2 Å². The van der Waals surface area contributed by atoms with E-state index in [4.69, 9.17) is 0 Å². The molecule has 5 heteroatoms. The summed E-state index contributed by atoms with van der Waals surface area (Å²) in [6.45, 7) is 7.86. The van der Waals surface area contributed by atoms with Crippen LogP contribution in [0, 0.1) is 5.92 Å². The second kappa shape index (κ2) is 6.85. The highest BCUT2D eigenvalue weighted by Crippen LogP contribution is 2.15. The summed E-state index contributed by atoms with van der Waals surface area (Å²) >= 11 is 0. The smallest absolute Gasteiger partial charge is 0.140 e. The highest BCUT2D eigenvalue weighted by atomic mass is 15.3. The SMILES string of the molecule is CCCN(Cc1ncnn1C)CC1CCNCC1. The van der Waals surface area contributed by atoms with Crippen LogP contribution in [0.4, 0.5) is 0 Å². The van der Waals surface area contributed by atoms with Crippen LogP contribution in [0.15, 0.2) is 6.33 Å². The number of aryl methyl sites for hydroxylation is 1. The maximum absolute atomic E-state index is 4.33. The van der Waals surface area contributed by atoms with E-state index in [2.05, 4.69) is 27.2 Å². The summed E-state index contributed by atoms with van der Waals surface area (Å²) in [5, 5.41) is 7.58. The normalized spacial score (nSPS) is 17.5. The minimum Gasteiger partial charge on any atom is -0.317 e. The van der Waals surface area contributed by atoms with Gasteiger partial charge < -0.3 is 5.32 Å². The molecule has 0 bridgehead atoms. The van der Waals surface area contributed by atoms with Crippen LogP contribution in [0.2, 0.25) is 0 Å². The summed E-state index contributed by atoms with van der Waals surface area (Å²) in [4.78, 5) is 6.86. The number of hydrogen-bond acceptors (Lipinski definition) is 4. The van der Waals surface area contributed by atoms with Gasteiger partial charge in [-0.25, -0.2) is 4.98 Å². The van der Waals surface area contributed by atoms with Crippen molar-refractivity contribution in [2.75, 3.05) is 26.2 Å². The molecule has 1 fully saturated rings. The van der Waals surface area contributed by atoms with Crippen LogP contribution in [-0.4, -0.2) is 45.8 Å². The van der Waals surface area contributed by atoms with E-state index in [1.165, 1.54) is 38.9 Å².